The average Bonchev–Trinajstić information content (AvgIpc) is 2.26. The van der Waals surface area contributed by atoms with E-state index in [9.17, 15) is 9.59 Å². The van der Waals surface area contributed by atoms with E-state index in [0.717, 1.165) is 0 Å². The topological polar surface area (TPSA) is 70.2 Å². The lowest BCUT2D eigenvalue weighted by molar-refractivity contribution is -0.109. The third-order valence-corrected chi connectivity index (χ3v) is 1.65. The zero-order valence-corrected chi connectivity index (χ0v) is 7.70. The van der Waals surface area contributed by atoms with E-state index < -0.39 is 0 Å². The molecular weight excluding hydrogens is 182 g/mol. The summed E-state index contributed by atoms with van der Waals surface area (Å²) in [5.41, 5.74) is 6.21. The minimum Gasteiger partial charge on any atom is -0.355 e. The maximum atomic E-state index is 11.1. The average molecular weight is 193 g/mol. The number of carbonyl (C=O) groups is 2. The standard InChI is InChI=1S/C9H11N3O2/c1-10-9(14)7-2-4-8(5-3-7)12-11-6-13/h2-6,12H,1H3,(H,10,14)(H,11,13). The Morgan fingerprint density at radius 3 is 2.43 bits per heavy atom. The van der Waals surface area contributed by atoms with E-state index in [1.807, 2.05) is 0 Å². The maximum absolute atomic E-state index is 11.1. The highest BCUT2D eigenvalue weighted by Crippen LogP contribution is 2.07. The molecule has 0 fully saturated rings. The van der Waals surface area contributed by atoms with Crippen molar-refractivity contribution in [3.63, 3.8) is 0 Å². The van der Waals surface area contributed by atoms with Crippen LogP contribution in [0.2, 0.25) is 0 Å². The summed E-state index contributed by atoms with van der Waals surface area (Å²) in [6, 6.07) is 6.71. The van der Waals surface area contributed by atoms with Crippen molar-refractivity contribution >= 4 is 18.0 Å². The molecule has 5 nitrogen and oxygen atoms in total. The molecule has 2 amide bonds. The van der Waals surface area contributed by atoms with Crippen LogP contribution in [0.15, 0.2) is 24.3 Å². The number of anilines is 1. The van der Waals surface area contributed by atoms with Gasteiger partial charge in [-0.15, -0.1) is 0 Å². The summed E-state index contributed by atoms with van der Waals surface area (Å²) in [5, 5.41) is 2.51. The Morgan fingerprint density at radius 2 is 1.93 bits per heavy atom. The molecule has 0 saturated carbocycles. The van der Waals surface area contributed by atoms with Crippen LogP contribution < -0.4 is 16.2 Å². The predicted molar refractivity (Wildman–Crippen MR) is 52.7 cm³/mol. The van der Waals surface area contributed by atoms with Gasteiger partial charge in [0, 0.05) is 12.6 Å². The molecule has 1 rings (SSSR count). The Hall–Kier alpha value is -2.04. The quantitative estimate of drug-likeness (QED) is 0.470. The van der Waals surface area contributed by atoms with Crippen LogP contribution in [0.4, 0.5) is 5.69 Å². The summed E-state index contributed by atoms with van der Waals surface area (Å²) in [6.45, 7) is 0. The molecule has 74 valence electrons. The summed E-state index contributed by atoms with van der Waals surface area (Å²) in [7, 11) is 1.57. The molecule has 3 N–H and O–H groups in total. The fraction of sp³-hybridized carbons (Fsp3) is 0.111. The number of benzene rings is 1. The monoisotopic (exact) mass is 193 g/mol. The number of hydrazine groups is 1. The van der Waals surface area contributed by atoms with Crippen molar-refractivity contribution in [2.75, 3.05) is 12.5 Å². The molecule has 0 bridgehead atoms. The molecule has 1 aromatic carbocycles. The van der Waals surface area contributed by atoms with Gasteiger partial charge < -0.3 is 5.32 Å². The molecule has 0 aliphatic carbocycles. The molecule has 14 heavy (non-hydrogen) atoms. The lowest BCUT2D eigenvalue weighted by Crippen LogP contribution is -2.20. The van der Waals surface area contributed by atoms with Gasteiger partial charge in [0.25, 0.3) is 5.91 Å². The maximum Gasteiger partial charge on any atom is 0.251 e. The van der Waals surface area contributed by atoms with E-state index in [1.54, 1.807) is 31.3 Å². The van der Waals surface area contributed by atoms with Crippen LogP contribution >= 0.6 is 0 Å². The molecule has 1 aromatic rings. The van der Waals surface area contributed by atoms with E-state index in [2.05, 4.69) is 16.2 Å². The van der Waals surface area contributed by atoms with Crippen LogP contribution in [0.3, 0.4) is 0 Å². The Bertz CT molecular complexity index is 321. The zero-order valence-electron chi connectivity index (χ0n) is 7.70. The summed E-state index contributed by atoms with van der Waals surface area (Å²) in [4.78, 5) is 21.1. The van der Waals surface area contributed by atoms with Gasteiger partial charge >= 0.3 is 0 Å². The Balaban J connectivity index is 2.68. The molecule has 0 aromatic heterocycles. The molecule has 0 radical (unpaired) electrons. The molecule has 0 saturated heterocycles. The highest BCUT2D eigenvalue weighted by Gasteiger charge is 2.01. The molecule has 0 atom stereocenters. The molecule has 0 aliphatic rings. The molecular formula is C9H11N3O2. The number of hydrogen-bond acceptors (Lipinski definition) is 3. The smallest absolute Gasteiger partial charge is 0.251 e. The number of carbonyl (C=O) groups excluding carboxylic acids is 2. The summed E-state index contributed by atoms with van der Waals surface area (Å²) < 4.78 is 0. The lowest BCUT2D eigenvalue weighted by Gasteiger charge is -2.04. The second-order valence-electron chi connectivity index (χ2n) is 2.54. The molecule has 0 aliphatic heterocycles. The van der Waals surface area contributed by atoms with E-state index in [-0.39, 0.29) is 5.91 Å². The summed E-state index contributed by atoms with van der Waals surface area (Å²) >= 11 is 0. The first-order valence-corrected chi connectivity index (χ1v) is 4.05. The SMILES string of the molecule is CNC(=O)c1ccc(NNC=O)cc1. The first-order chi connectivity index (χ1) is 6.77. The molecule has 5 heteroatoms. The molecule has 0 unspecified atom stereocenters. The fourth-order valence-corrected chi connectivity index (χ4v) is 0.962. The zero-order chi connectivity index (χ0) is 10.4. The Kier molecular flexibility index (Phi) is 3.49. The fourth-order valence-electron chi connectivity index (χ4n) is 0.962. The van der Waals surface area contributed by atoms with Crippen LogP contribution in [0.1, 0.15) is 10.4 Å². The predicted octanol–water partition coefficient (Wildman–Crippen LogP) is 0.119. The van der Waals surface area contributed by atoms with E-state index in [0.29, 0.717) is 17.7 Å². The Labute approximate surface area is 81.5 Å². The molecule has 0 heterocycles. The van der Waals surface area contributed by atoms with E-state index in [4.69, 9.17) is 0 Å². The normalized spacial score (nSPS) is 8.93. The van der Waals surface area contributed by atoms with Crippen LogP contribution in [-0.4, -0.2) is 19.4 Å². The Morgan fingerprint density at radius 1 is 1.29 bits per heavy atom. The summed E-state index contributed by atoms with van der Waals surface area (Å²) in [5.74, 6) is -0.139. The van der Waals surface area contributed by atoms with Gasteiger partial charge in [-0.25, -0.2) is 0 Å². The number of amides is 2. The van der Waals surface area contributed by atoms with Crippen LogP contribution in [-0.2, 0) is 4.79 Å². The van der Waals surface area contributed by atoms with Gasteiger partial charge in [0.05, 0.1) is 5.69 Å². The van der Waals surface area contributed by atoms with E-state index in [1.165, 1.54) is 0 Å². The second kappa shape index (κ2) is 4.86. The third-order valence-electron chi connectivity index (χ3n) is 1.65. The van der Waals surface area contributed by atoms with Gasteiger partial charge in [0.1, 0.15) is 0 Å². The van der Waals surface area contributed by atoms with Gasteiger partial charge in [-0.2, -0.15) is 0 Å². The minimum atomic E-state index is -0.139. The van der Waals surface area contributed by atoms with Gasteiger partial charge in [-0.1, -0.05) is 0 Å². The number of rotatable bonds is 4. The van der Waals surface area contributed by atoms with Gasteiger partial charge in [0.15, 0.2) is 0 Å². The van der Waals surface area contributed by atoms with Crippen molar-refractivity contribution in [1.29, 1.82) is 0 Å². The van der Waals surface area contributed by atoms with Crippen molar-refractivity contribution in [2.24, 2.45) is 0 Å². The minimum absolute atomic E-state index is 0.139. The van der Waals surface area contributed by atoms with Crippen LogP contribution in [0, 0.1) is 0 Å². The van der Waals surface area contributed by atoms with Gasteiger partial charge in [-0.3, -0.25) is 20.4 Å². The second-order valence-corrected chi connectivity index (χ2v) is 2.54. The van der Waals surface area contributed by atoms with Gasteiger partial charge in [-0.05, 0) is 24.3 Å². The third kappa shape index (κ3) is 2.48. The summed E-state index contributed by atoms with van der Waals surface area (Å²) in [6.07, 6.45) is 0.534. The van der Waals surface area contributed by atoms with E-state index >= 15 is 0 Å². The van der Waals surface area contributed by atoms with Crippen LogP contribution in [0.5, 0.6) is 0 Å². The number of nitrogens with one attached hydrogen (secondary N) is 3. The lowest BCUT2D eigenvalue weighted by atomic mass is 10.2. The molecule has 0 spiro atoms. The first kappa shape index (κ1) is 10.0. The number of hydrogen-bond donors (Lipinski definition) is 3. The highest BCUT2D eigenvalue weighted by molar-refractivity contribution is 5.94. The van der Waals surface area contributed by atoms with Crippen molar-refractivity contribution < 1.29 is 9.59 Å². The van der Waals surface area contributed by atoms with Crippen molar-refractivity contribution in [1.82, 2.24) is 10.7 Å². The van der Waals surface area contributed by atoms with Crippen molar-refractivity contribution in [3.05, 3.63) is 29.8 Å². The largest absolute Gasteiger partial charge is 0.355 e. The first-order valence-electron chi connectivity index (χ1n) is 4.05. The highest BCUT2D eigenvalue weighted by atomic mass is 16.1. The van der Waals surface area contributed by atoms with Crippen molar-refractivity contribution in [2.45, 2.75) is 0 Å². The van der Waals surface area contributed by atoms with Gasteiger partial charge in [0.2, 0.25) is 6.41 Å². The van der Waals surface area contributed by atoms with Crippen LogP contribution in [0.25, 0.3) is 0 Å². The van der Waals surface area contributed by atoms with Crippen molar-refractivity contribution in [3.8, 4) is 0 Å².